The van der Waals surface area contributed by atoms with Crippen molar-refractivity contribution in [3.8, 4) is 0 Å². The predicted octanol–water partition coefficient (Wildman–Crippen LogP) is 1.70. The van der Waals surface area contributed by atoms with Crippen LogP contribution in [-0.4, -0.2) is 19.0 Å². The van der Waals surface area contributed by atoms with Crippen molar-refractivity contribution < 1.29 is 13.6 Å². The fourth-order valence-electron chi connectivity index (χ4n) is 1.10. The Balaban J connectivity index is 2.79. The van der Waals surface area contributed by atoms with E-state index in [0.29, 0.717) is 19.5 Å². The maximum absolute atomic E-state index is 12.9. The number of nitrogens with one attached hydrogen (secondary N) is 1. The number of carbonyl (C=O) groups is 1. The van der Waals surface area contributed by atoms with E-state index < -0.39 is 17.5 Å². The lowest BCUT2D eigenvalue weighted by molar-refractivity contribution is 0.0953. The van der Waals surface area contributed by atoms with Crippen molar-refractivity contribution in [2.75, 3.05) is 13.1 Å². The van der Waals surface area contributed by atoms with E-state index in [-0.39, 0.29) is 10.6 Å². The van der Waals surface area contributed by atoms with Gasteiger partial charge < -0.3 is 11.1 Å². The zero-order valence-electron chi connectivity index (χ0n) is 8.40. The normalized spacial score (nSPS) is 10.2. The number of hydrogen-bond donors (Lipinski definition) is 2. The fourth-order valence-corrected chi connectivity index (χ4v) is 1.33. The van der Waals surface area contributed by atoms with E-state index in [1.165, 1.54) is 0 Å². The zero-order valence-corrected chi connectivity index (χ0v) is 9.15. The Labute approximate surface area is 96.6 Å². The van der Waals surface area contributed by atoms with Gasteiger partial charge in [-0.25, -0.2) is 8.78 Å². The molecule has 0 radical (unpaired) electrons. The molecule has 0 fully saturated rings. The first kappa shape index (κ1) is 12.9. The third-order valence-corrected chi connectivity index (χ3v) is 2.23. The van der Waals surface area contributed by atoms with Crippen molar-refractivity contribution in [2.45, 2.75) is 6.42 Å². The van der Waals surface area contributed by atoms with Crippen molar-refractivity contribution in [3.63, 3.8) is 0 Å². The van der Waals surface area contributed by atoms with Gasteiger partial charge >= 0.3 is 0 Å². The molecule has 88 valence electrons. The van der Waals surface area contributed by atoms with Gasteiger partial charge in [0, 0.05) is 6.54 Å². The highest BCUT2D eigenvalue weighted by molar-refractivity contribution is 6.33. The molecule has 0 saturated heterocycles. The molecule has 0 bridgehead atoms. The molecule has 0 heterocycles. The van der Waals surface area contributed by atoms with Crippen LogP contribution in [0.5, 0.6) is 0 Å². The Morgan fingerprint density at radius 1 is 1.38 bits per heavy atom. The highest BCUT2D eigenvalue weighted by Gasteiger charge is 2.14. The average Bonchev–Trinajstić information content (AvgIpc) is 2.23. The predicted molar refractivity (Wildman–Crippen MR) is 57.4 cm³/mol. The van der Waals surface area contributed by atoms with Crippen LogP contribution in [0.3, 0.4) is 0 Å². The number of nitrogens with two attached hydrogens (primary N) is 1. The third kappa shape index (κ3) is 3.15. The van der Waals surface area contributed by atoms with Gasteiger partial charge in [-0.3, -0.25) is 4.79 Å². The molecule has 1 rings (SSSR count). The minimum absolute atomic E-state index is 0.0856. The summed E-state index contributed by atoms with van der Waals surface area (Å²) < 4.78 is 25.6. The summed E-state index contributed by atoms with van der Waals surface area (Å²) in [5, 5.41) is 2.37. The van der Waals surface area contributed by atoms with Gasteiger partial charge in [-0.1, -0.05) is 11.6 Å². The van der Waals surface area contributed by atoms with Gasteiger partial charge in [0.25, 0.3) is 5.91 Å². The van der Waals surface area contributed by atoms with Crippen LogP contribution in [0.2, 0.25) is 5.02 Å². The van der Waals surface area contributed by atoms with Crippen molar-refractivity contribution in [1.82, 2.24) is 5.32 Å². The van der Waals surface area contributed by atoms with Crippen LogP contribution in [0, 0.1) is 11.6 Å². The summed E-state index contributed by atoms with van der Waals surface area (Å²) in [5.41, 5.74) is 5.15. The summed E-state index contributed by atoms with van der Waals surface area (Å²) in [5.74, 6) is -2.73. The van der Waals surface area contributed by atoms with E-state index in [9.17, 15) is 13.6 Å². The molecular formula is C10H11ClF2N2O. The van der Waals surface area contributed by atoms with Crippen molar-refractivity contribution in [1.29, 1.82) is 0 Å². The highest BCUT2D eigenvalue weighted by Crippen LogP contribution is 2.19. The van der Waals surface area contributed by atoms with Crippen LogP contribution in [0.4, 0.5) is 8.78 Å². The fraction of sp³-hybridized carbons (Fsp3) is 0.300. The highest BCUT2D eigenvalue weighted by atomic mass is 35.5. The lowest BCUT2D eigenvalue weighted by atomic mass is 10.2. The molecule has 0 aromatic heterocycles. The maximum Gasteiger partial charge on any atom is 0.252 e. The van der Waals surface area contributed by atoms with Gasteiger partial charge in [-0.15, -0.1) is 0 Å². The van der Waals surface area contributed by atoms with Crippen LogP contribution in [0.15, 0.2) is 12.1 Å². The summed E-state index contributed by atoms with van der Waals surface area (Å²) in [7, 11) is 0. The van der Waals surface area contributed by atoms with E-state index in [1.54, 1.807) is 0 Å². The molecule has 0 aliphatic rings. The largest absolute Gasteiger partial charge is 0.352 e. The summed E-state index contributed by atoms with van der Waals surface area (Å²) in [4.78, 5) is 11.5. The molecule has 0 aliphatic heterocycles. The molecule has 0 aliphatic carbocycles. The summed E-state index contributed by atoms with van der Waals surface area (Å²) >= 11 is 5.62. The number of hydrogen-bond acceptors (Lipinski definition) is 2. The average molecular weight is 249 g/mol. The second-order valence-corrected chi connectivity index (χ2v) is 3.55. The molecule has 1 amide bonds. The van der Waals surface area contributed by atoms with Crippen LogP contribution >= 0.6 is 11.6 Å². The number of rotatable bonds is 4. The Kier molecular flexibility index (Phi) is 4.64. The molecule has 6 heteroatoms. The number of benzene rings is 1. The first-order valence-electron chi connectivity index (χ1n) is 4.69. The molecule has 0 saturated carbocycles. The van der Waals surface area contributed by atoms with E-state index in [1.807, 2.05) is 0 Å². The van der Waals surface area contributed by atoms with Crippen LogP contribution in [-0.2, 0) is 0 Å². The summed E-state index contributed by atoms with van der Waals surface area (Å²) in [6.45, 7) is 0.802. The Morgan fingerprint density at radius 2 is 2.00 bits per heavy atom. The van der Waals surface area contributed by atoms with Gasteiger partial charge in [0.1, 0.15) is 0 Å². The van der Waals surface area contributed by atoms with Gasteiger partial charge in [0.2, 0.25) is 0 Å². The lowest BCUT2D eigenvalue weighted by Gasteiger charge is -2.06. The number of halogens is 3. The smallest absolute Gasteiger partial charge is 0.252 e. The number of amides is 1. The molecule has 1 aromatic carbocycles. The minimum Gasteiger partial charge on any atom is -0.352 e. The van der Waals surface area contributed by atoms with Crippen LogP contribution in [0.25, 0.3) is 0 Å². The summed E-state index contributed by atoms with van der Waals surface area (Å²) in [6, 6.07) is 1.55. The van der Waals surface area contributed by atoms with E-state index in [0.717, 1.165) is 12.1 Å². The molecule has 0 spiro atoms. The summed E-state index contributed by atoms with van der Waals surface area (Å²) in [6.07, 6.45) is 0.604. The molecule has 3 nitrogen and oxygen atoms in total. The van der Waals surface area contributed by atoms with Gasteiger partial charge in [0.05, 0.1) is 10.6 Å². The SMILES string of the molecule is NCCCNC(=O)c1cc(F)c(F)cc1Cl. The zero-order chi connectivity index (χ0) is 12.1. The van der Waals surface area contributed by atoms with Gasteiger partial charge in [-0.05, 0) is 25.1 Å². The standard InChI is InChI=1S/C10H11ClF2N2O/c11-7-5-9(13)8(12)4-6(7)10(16)15-3-1-2-14/h4-5H,1-3,14H2,(H,15,16). The molecule has 0 atom stereocenters. The molecule has 3 N–H and O–H groups in total. The van der Waals surface area contributed by atoms with Crippen molar-refractivity contribution in [3.05, 3.63) is 34.4 Å². The maximum atomic E-state index is 12.9. The first-order chi connectivity index (χ1) is 7.56. The van der Waals surface area contributed by atoms with E-state index in [2.05, 4.69) is 5.32 Å². The Bertz CT molecular complexity index is 399. The first-order valence-corrected chi connectivity index (χ1v) is 5.07. The van der Waals surface area contributed by atoms with E-state index >= 15 is 0 Å². The molecule has 1 aromatic rings. The monoisotopic (exact) mass is 248 g/mol. The van der Waals surface area contributed by atoms with Crippen molar-refractivity contribution >= 4 is 17.5 Å². The van der Waals surface area contributed by atoms with E-state index in [4.69, 9.17) is 17.3 Å². The minimum atomic E-state index is -1.10. The van der Waals surface area contributed by atoms with Gasteiger partial charge in [-0.2, -0.15) is 0 Å². The Hall–Kier alpha value is -1.20. The van der Waals surface area contributed by atoms with Gasteiger partial charge in [0.15, 0.2) is 11.6 Å². The number of carbonyl (C=O) groups excluding carboxylic acids is 1. The molecule has 0 unspecified atom stereocenters. The quantitative estimate of drug-likeness (QED) is 0.629. The second-order valence-electron chi connectivity index (χ2n) is 3.14. The Morgan fingerprint density at radius 3 is 2.62 bits per heavy atom. The molecule has 16 heavy (non-hydrogen) atoms. The third-order valence-electron chi connectivity index (χ3n) is 1.92. The lowest BCUT2D eigenvalue weighted by Crippen LogP contribution is -2.26. The van der Waals surface area contributed by atoms with Crippen LogP contribution in [0.1, 0.15) is 16.8 Å². The second kappa shape index (κ2) is 5.77. The topological polar surface area (TPSA) is 55.1 Å². The van der Waals surface area contributed by atoms with Crippen LogP contribution < -0.4 is 11.1 Å². The molecular weight excluding hydrogens is 238 g/mol. The van der Waals surface area contributed by atoms with Crippen molar-refractivity contribution in [2.24, 2.45) is 5.73 Å².